The predicted molar refractivity (Wildman–Crippen MR) is 176 cm³/mol. The molecule has 7 rings (SSSR count). The Morgan fingerprint density at radius 2 is 2.06 bits per heavy atom. The van der Waals surface area contributed by atoms with E-state index in [1.165, 1.54) is 18.2 Å². The van der Waals surface area contributed by atoms with Gasteiger partial charge in [0.05, 0.1) is 36.0 Å². The molecule has 2 fully saturated rings. The summed E-state index contributed by atoms with van der Waals surface area (Å²) in [4.78, 5) is 28.9. The highest BCUT2D eigenvalue weighted by atomic mass is 19.1. The number of amides is 1. The zero-order valence-electron chi connectivity index (χ0n) is 27.1. The van der Waals surface area contributed by atoms with Crippen molar-refractivity contribution in [3.8, 4) is 29.0 Å². The van der Waals surface area contributed by atoms with Gasteiger partial charge < -0.3 is 24.8 Å². The highest BCUT2D eigenvalue weighted by Gasteiger charge is 2.37. The summed E-state index contributed by atoms with van der Waals surface area (Å²) in [5.41, 5.74) is -0.212. The number of aromatic hydroxyl groups is 1. The second-order valence-corrected chi connectivity index (χ2v) is 13.0. The SMILES string of the molecule is CCc1c(F)ccc2cc(O)cc(-c3c(F)c4nc(OCC5(C#N)CCOC5)nc(N5CCCNC(=O)C5)c4c4c3=NC(C)C(C)C=4)c12. The van der Waals surface area contributed by atoms with E-state index in [0.29, 0.717) is 82.6 Å². The van der Waals surface area contributed by atoms with Crippen molar-refractivity contribution in [2.75, 3.05) is 44.4 Å². The Labute approximate surface area is 275 Å². The molecule has 0 bridgehead atoms. The summed E-state index contributed by atoms with van der Waals surface area (Å²) in [5.74, 6) is -1.21. The number of nitrogens with zero attached hydrogens (tertiary/aromatic N) is 5. The summed E-state index contributed by atoms with van der Waals surface area (Å²) >= 11 is 0. The van der Waals surface area contributed by atoms with Gasteiger partial charge in [0.1, 0.15) is 34.9 Å². The number of ether oxygens (including phenoxy) is 2. The van der Waals surface area contributed by atoms with Crippen molar-refractivity contribution in [1.29, 1.82) is 5.26 Å². The van der Waals surface area contributed by atoms with Gasteiger partial charge in [-0.2, -0.15) is 15.2 Å². The number of halogens is 2. The summed E-state index contributed by atoms with van der Waals surface area (Å²) in [6, 6.07) is 7.82. The Balaban J connectivity index is 1.58. The fourth-order valence-corrected chi connectivity index (χ4v) is 6.94. The van der Waals surface area contributed by atoms with Crippen LogP contribution in [0.2, 0.25) is 0 Å². The second-order valence-electron chi connectivity index (χ2n) is 13.0. The summed E-state index contributed by atoms with van der Waals surface area (Å²) in [6.45, 7) is 7.25. The number of nitriles is 1. The van der Waals surface area contributed by atoms with Gasteiger partial charge in [-0.1, -0.05) is 26.0 Å². The zero-order valence-corrected chi connectivity index (χ0v) is 27.1. The van der Waals surface area contributed by atoms with Gasteiger partial charge in [0.15, 0.2) is 5.82 Å². The van der Waals surface area contributed by atoms with Crippen LogP contribution in [-0.4, -0.2) is 66.5 Å². The van der Waals surface area contributed by atoms with Crippen LogP contribution < -0.4 is 25.5 Å². The third-order valence-electron chi connectivity index (χ3n) is 9.74. The third kappa shape index (κ3) is 5.36. The van der Waals surface area contributed by atoms with E-state index < -0.39 is 17.0 Å². The van der Waals surface area contributed by atoms with E-state index in [-0.39, 0.29) is 60.5 Å². The normalized spacial score (nSPS) is 22.4. The van der Waals surface area contributed by atoms with Crippen LogP contribution in [0.25, 0.3) is 38.9 Å². The van der Waals surface area contributed by atoms with Crippen LogP contribution in [0.4, 0.5) is 14.6 Å². The maximum Gasteiger partial charge on any atom is 0.319 e. The van der Waals surface area contributed by atoms with E-state index in [9.17, 15) is 15.2 Å². The number of aryl methyl sites for hydroxylation is 1. The topological polar surface area (TPSA) is 133 Å². The van der Waals surface area contributed by atoms with E-state index in [2.05, 4.69) is 16.4 Å². The van der Waals surface area contributed by atoms with Crippen molar-refractivity contribution >= 4 is 39.5 Å². The maximum absolute atomic E-state index is 17.6. The largest absolute Gasteiger partial charge is 0.508 e. The molecule has 3 unspecified atom stereocenters. The minimum absolute atomic E-state index is 0.0148. The number of carbonyl (C=O) groups is 1. The van der Waals surface area contributed by atoms with Crippen LogP contribution in [0.1, 0.15) is 39.2 Å². The van der Waals surface area contributed by atoms with Gasteiger partial charge in [0, 0.05) is 30.5 Å². The van der Waals surface area contributed by atoms with Crippen LogP contribution in [-0.2, 0) is 16.0 Å². The number of rotatable bonds is 6. The molecule has 0 saturated carbocycles. The van der Waals surface area contributed by atoms with Gasteiger partial charge in [-0.15, -0.1) is 0 Å². The summed E-state index contributed by atoms with van der Waals surface area (Å²) in [5, 5.41) is 26.0. The molecule has 12 heteroatoms. The van der Waals surface area contributed by atoms with Crippen molar-refractivity contribution in [3.63, 3.8) is 0 Å². The van der Waals surface area contributed by atoms with Crippen molar-refractivity contribution in [2.45, 2.75) is 46.1 Å². The maximum atomic E-state index is 17.6. The smallest absolute Gasteiger partial charge is 0.319 e. The highest BCUT2D eigenvalue weighted by molar-refractivity contribution is 6.03. The number of carbonyl (C=O) groups excluding carboxylic acids is 1. The number of aromatic nitrogens is 2. The van der Waals surface area contributed by atoms with E-state index in [4.69, 9.17) is 19.5 Å². The van der Waals surface area contributed by atoms with Crippen LogP contribution in [0.3, 0.4) is 0 Å². The Kier molecular flexibility index (Phi) is 8.11. The zero-order chi connectivity index (χ0) is 33.7. The number of benzene rings is 3. The minimum Gasteiger partial charge on any atom is -0.508 e. The number of anilines is 1. The molecule has 3 atom stereocenters. The second kappa shape index (κ2) is 12.3. The number of hydrogen-bond donors (Lipinski definition) is 2. The standard InChI is InChI=1S/C36H36F2N6O4/c1-4-23-26(37)7-6-21-13-22(45)14-24(28(21)23)29-31(38)33-30(25-12-19(2)20(3)41-32(25)29)34(44-10-5-9-40-27(46)15-44)43-35(42-33)48-18-36(16-39)8-11-47-17-36/h6-7,12-14,19-20,45H,4-5,8-11,15,17-18H2,1-3H3,(H,40,46). The molecular weight excluding hydrogens is 618 g/mol. The first-order valence-electron chi connectivity index (χ1n) is 16.3. The molecule has 3 aliphatic heterocycles. The number of nitrogens with one attached hydrogen (secondary N) is 1. The van der Waals surface area contributed by atoms with Gasteiger partial charge >= 0.3 is 6.01 Å². The molecule has 0 radical (unpaired) electrons. The molecule has 3 aromatic carbocycles. The van der Waals surface area contributed by atoms with E-state index >= 15 is 8.78 Å². The lowest BCUT2D eigenvalue weighted by Gasteiger charge is -2.26. The minimum atomic E-state index is -0.903. The molecule has 0 spiro atoms. The van der Waals surface area contributed by atoms with Crippen molar-refractivity contribution in [2.24, 2.45) is 16.3 Å². The average molecular weight is 655 g/mol. The van der Waals surface area contributed by atoms with Crippen molar-refractivity contribution in [3.05, 3.63) is 52.0 Å². The van der Waals surface area contributed by atoms with Gasteiger partial charge in [0.25, 0.3) is 0 Å². The quantitative estimate of drug-likeness (QED) is 0.318. The van der Waals surface area contributed by atoms with Crippen molar-refractivity contribution in [1.82, 2.24) is 15.3 Å². The molecule has 4 aromatic rings. The molecule has 4 heterocycles. The molecular formula is C36H36F2N6O4. The fraction of sp³-hybridized carbons (Fsp3) is 0.417. The Bertz CT molecular complexity index is 2140. The lowest BCUT2D eigenvalue weighted by molar-refractivity contribution is -0.119. The number of hydrogen-bond acceptors (Lipinski definition) is 9. The molecule has 248 valence electrons. The first-order chi connectivity index (χ1) is 23.1. The first-order valence-corrected chi connectivity index (χ1v) is 16.3. The lowest BCUT2D eigenvalue weighted by atomic mass is 9.89. The molecule has 2 saturated heterocycles. The van der Waals surface area contributed by atoms with Crippen LogP contribution in [0.5, 0.6) is 11.8 Å². The van der Waals surface area contributed by atoms with E-state index in [1.807, 2.05) is 26.8 Å². The van der Waals surface area contributed by atoms with Crippen molar-refractivity contribution < 1.29 is 28.2 Å². The first kappa shape index (κ1) is 31.7. The van der Waals surface area contributed by atoms with Gasteiger partial charge in [-0.25, -0.2) is 8.78 Å². The van der Waals surface area contributed by atoms with Crippen LogP contribution in [0, 0.1) is 34.3 Å². The van der Waals surface area contributed by atoms with Gasteiger partial charge in [0.2, 0.25) is 5.91 Å². The molecule has 3 aliphatic rings. The van der Waals surface area contributed by atoms with E-state index in [0.717, 1.165) is 0 Å². The molecule has 1 aromatic heterocycles. The third-order valence-corrected chi connectivity index (χ3v) is 9.74. The number of phenols is 1. The molecule has 1 amide bonds. The van der Waals surface area contributed by atoms with E-state index in [1.54, 1.807) is 11.0 Å². The average Bonchev–Trinajstić information content (AvgIpc) is 3.45. The Morgan fingerprint density at radius 3 is 2.81 bits per heavy atom. The van der Waals surface area contributed by atoms with Crippen LogP contribution >= 0.6 is 0 Å². The fourth-order valence-electron chi connectivity index (χ4n) is 6.94. The molecule has 48 heavy (non-hydrogen) atoms. The summed E-state index contributed by atoms with van der Waals surface area (Å²) in [6.07, 6.45) is 3.44. The molecule has 10 nitrogen and oxygen atoms in total. The predicted octanol–water partition coefficient (Wildman–Crippen LogP) is 4.07. The molecule has 0 aliphatic carbocycles. The molecule has 2 N–H and O–H groups in total. The Morgan fingerprint density at radius 1 is 1.23 bits per heavy atom. The van der Waals surface area contributed by atoms with Crippen LogP contribution in [0.15, 0.2) is 29.3 Å². The van der Waals surface area contributed by atoms with Gasteiger partial charge in [-0.05, 0) is 72.2 Å². The monoisotopic (exact) mass is 654 g/mol. The highest BCUT2D eigenvalue weighted by Crippen LogP contribution is 2.39. The summed E-state index contributed by atoms with van der Waals surface area (Å²) in [7, 11) is 0. The summed E-state index contributed by atoms with van der Waals surface area (Å²) < 4.78 is 44.4. The van der Waals surface area contributed by atoms with Gasteiger partial charge in [-0.3, -0.25) is 9.79 Å². The number of fused-ring (bicyclic) bond motifs is 4. The number of phenolic OH excluding ortho intramolecular Hbond substituents is 1. The Hall–Kier alpha value is -4.89. The lowest BCUT2D eigenvalue weighted by Crippen LogP contribution is -2.39.